The molecule has 1 amide bonds. The minimum atomic E-state index is 0.0438. The van der Waals surface area contributed by atoms with Crippen molar-refractivity contribution in [1.82, 2.24) is 10.2 Å². The fraction of sp³-hybridized carbons (Fsp3) is 0.875. The SMILES string of the molecule is CCC1C(=O)NCCN1CCN. The molecule has 0 aromatic rings. The third kappa shape index (κ3) is 1.95. The highest BCUT2D eigenvalue weighted by Gasteiger charge is 2.26. The Balaban J connectivity index is 2.51. The molecule has 3 N–H and O–H groups in total. The first-order valence-electron chi connectivity index (χ1n) is 4.51. The molecule has 70 valence electrons. The minimum Gasteiger partial charge on any atom is -0.353 e. The van der Waals surface area contributed by atoms with Gasteiger partial charge in [0, 0.05) is 26.2 Å². The Hall–Kier alpha value is -0.610. The smallest absolute Gasteiger partial charge is 0.237 e. The van der Waals surface area contributed by atoms with Crippen LogP contribution in [0, 0.1) is 0 Å². The van der Waals surface area contributed by atoms with Crippen molar-refractivity contribution >= 4 is 5.91 Å². The molecule has 1 saturated heterocycles. The van der Waals surface area contributed by atoms with Gasteiger partial charge in [0.1, 0.15) is 0 Å². The maximum Gasteiger partial charge on any atom is 0.237 e. The fourth-order valence-electron chi connectivity index (χ4n) is 1.64. The summed E-state index contributed by atoms with van der Waals surface area (Å²) in [6.07, 6.45) is 0.867. The van der Waals surface area contributed by atoms with Gasteiger partial charge >= 0.3 is 0 Å². The van der Waals surface area contributed by atoms with E-state index < -0.39 is 0 Å². The largest absolute Gasteiger partial charge is 0.353 e. The highest BCUT2D eigenvalue weighted by molar-refractivity contribution is 5.82. The lowest BCUT2D eigenvalue weighted by atomic mass is 10.1. The van der Waals surface area contributed by atoms with Gasteiger partial charge in [0.25, 0.3) is 0 Å². The average molecular weight is 171 g/mol. The van der Waals surface area contributed by atoms with E-state index in [0.717, 1.165) is 26.1 Å². The van der Waals surface area contributed by atoms with E-state index in [-0.39, 0.29) is 11.9 Å². The second kappa shape index (κ2) is 4.42. The molecule has 1 unspecified atom stereocenters. The molecule has 1 aliphatic rings. The summed E-state index contributed by atoms with van der Waals surface area (Å²) in [7, 11) is 0. The Bertz CT molecular complexity index is 158. The number of nitrogens with two attached hydrogens (primary N) is 1. The molecule has 4 heteroatoms. The van der Waals surface area contributed by atoms with Crippen LogP contribution in [-0.2, 0) is 4.79 Å². The summed E-state index contributed by atoms with van der Waals surface area (Å²) in [6.45, 7) is 5.17. The highest BCUT2D eigenvalue weighted by Crippen LogP contribution is 2.06. The van der Waals surface area contributed by atoms with Crippen LogP contribution in [0.3, 0.4) is 0 Å². The van der Waals surface area contributed by atoms with E-state index in [9.17, 15) is 4.79 Å². The van der Waals surface area contributed by atoms with E-state index in [1.54, 1.807) is 0 Å². The predicted octanol–water partition coefficient (Wildman–Crippen LogP) is -0.844. The van der Waals surface area contributed by atoms with Crippen LogP contribution in [0.15, 0.2) is 0 Å². The zero-order valence-corrected chi connectivity index (χ0v) is 7.55. The van der Waals surface area contributed by atoms with Crippen LogP contribution < -0.4 is 11.1 Å². The molecule has 0 aromatic heterocycles. The van der Waals surface area contributed by atoms with E-state index >= 15 is 0 Å². The van der Waals surface area contributed by atoms with Crippen molar-refractivity contribution < 1.29 is 4.79 Å². The van der Waals surface area contributed by atoms with E-state index in [2.05, 4.69) is 10.2 Å². The number of hydrogen-bond acceptors (Lipinski definition) is 3. The van der Waals surface area contributed by atoms with Gasteiger partial charge in [-0.15, -0.1) is 0 Å². The molecule has 1 aliphatic heterocycles. The van der Waals surface area contributed by atoms with Gasteiger partial charge in [0.2, 0.25) is 5.91 Å². The van der Waals surface area contributed by atoms with E-state index in [1.807, 2.05) is 6.92 Å². The molecule has 4 nitrogen and oxygen atoms in total. The Kier molecular flexibility index (Phi) is 3.49. The number of rotatable bonds is 3. The first-order chi connectivity index (χ1) is 5.79. The quantitative estimate of drug-likeness (QED) is 0.582. The lowest BCUT2D eigenvalue weighted by Crippen LogP contribution is -2.55. The van der Waals surface area contributed by atoms with Crippen LogP contribution in [0.1, 0.15) is 13.3 Å². The maximum atomic E-state index is 11.3. The highest BCUT2D eigenvalue weighted by atomic mass is 16.2. The van der Waals surface area contributed by atoms with Gasteiger partial charge in [-0.05, 0) is 6.42 Å². The molecule has 12 heavy (non-hydrogen) atoms. The topological polar surface area (TPSA) is 58.4 Å². The van der Waals surface area contributed by atoms with Gasteiger partial charge in [-0.3, -0.25) is 9.69 Å². The summed E-state index contributed by atoms with van der Waals surface area (Å²) < 4.78 is 0. The minimum absolute atomic E-state index is 0.0438. The summed E-state index contributed by atoms with van der Waals surface area (Å²) in [5.41, 5.74) is 5.45. The number of amides is 1. The molecule has 1 rings (SSSR count). The fourth-order valence-corrected chi connectivity index (χ4v) is 1.64. The maximum absolute atomic E-state index is 11.3. The average Bonchev–Trinajstić information content (AvgIpc) is 2.05. The van der Waals surface area contributed by atoms with Crippen molar-refractivity contribution in [2.24, 2.45) is 5.73 Å². The van der Waals surface area contributed by atoms with Gasteiger partial charge < -0.3 is 11.1 Å². The monoisotopic (exact) mass is 171 g/mol. The van der Waals surface area contributed by atoms with Gasteiger partial charge in [-0.25, -0.2) is 0 Å². The third-order valence-electron chi connectivity index (χ3n) is 2.24. The predicted molar refractivity (Wildman–Crippen MR) is 47.7 cm³/mol. The zero-order valence-electron chi connectivity index (χ0n) is 7.55. The molecule has 1 atom stereocenters. The first kappa shape index (κ1) is 9.48. The molecule has 0 aromatic carbocycles. The van der Waals surface area contributed by atoms with Crippen LogP contribution in [0.2, 0.25) is 0 Å². The van der Waals surface area contributed by atoms with Crippen molar-refractivity contribution in [1.29, 1.82) is 0 Å². The van der Waals surface area contributed by atoms with Crippen molar-refractivity contribution in [3.63, 3.8) is 0 Å². The van der Waals surface area contributed by atoms with Crippen LogP contribution >= 0.6 is 0 Å². The van der Waals surface area contributed by atoms with Crippen molar-refractivity contribution in [3.8, 4) is 0 Å². The van der Waals surface area contributed by atoms with Crippen molar-refractivity contribution in [2.75, 3.05) is 26.2 Å². The Morgan fingerprint density at radius 1 is 1.75 bits per heavy atom. The van der Waals surface area contributed by atoms with Crippen molar-refractivity contribution in [3.05, 3.63) is 0 Å². The molecule has 0 aliphatic carbocycles. The lowest BCUT2D eigenvalue weighted by Gasteiger charge is -2.33. The summed E-state index contributed by atoms with van der Waals surface area (Å²) in [4.78, 5) is 13.5. The third-order valence-corrected chi connectivity index (χ3v) is 2.24. The summed E-state index contributed by atoms with van der Waals surface area (Å²) in [6, 6.07) is 0.0438. The summed E-state index contributed by atoms with van der Waals surface area (Å²) >= 11 is 0. The van der Waals surface area contributed by atoms with Gasteiger partial charge in [0.15, 0.2) is 0 Å². The summed E-state index contributed by atoms with van der Waals surface area (Å²) in [5.74, 6) is 0.150. The van der Waals surface area contributed by atoms with E-state index in [4.69, 9.17) is 5.73 Å². The van der Waals surface area contributed by atoms with Crippen molar-refractivity contribution in [2.45, 2.75) is 19.4 Å². The number of hydrogen-bond donors (Lipinski definition) is 2. The Labute approximate surface area is 73.1 Å². The molecule has 0 radical (unpaired) electrons. The Morgan fingerprint density at radius 3 is 3.08 bits per heavy atom. The van der Waals surface area contributed by atoms with Gasteiger partial charge in [-0.1, -0.05) is 6.92 Å². The van der Waals surface area contributed by atoms with Crippen LogP contribution in [-0.4, -0.2) is 43.0 Å². The number of nitrogens with one attached hydrogen (secondary N) is 1. The van der Waals surface area contributed by atoms with E-state index in [0.29, 0.717) is 6.54 Å². The van der Waals surface area contributed by atoms with Gasteiger partial charge in [0.05, 0.1) is 6.04 Å². The lowest BCUT2D eigenvalue weighted by molar-refractivity contribution is -0.129. The normalized spacial score (nSPS) is 25.5. The molecule has 1 fully saturated rings. The molecule has 0 spiro atoms. The molecular formula is C8H17N3O. The number of nitrogens with zero attached hydrogens (tertiary/aromatic N) is 1. The number of carbonyl (C=O) groups is 1. The molecular weight excluding hydrogens is 154 g/mol. The summed E-state index contributed by atoms with van der Waals surface area (Å²) in [5, 5.41) is 2.85. The Morgan fingerprint density at radius 2 is 2.50 bits per heavy atom. The van der Waals surface area contributed by atoms with Gasteiger partial charge in [-0.2, -0.15) is 0 Å². The zero-order chi connectivity index (χ0) is 8.97. The molecule has 1 heterocycles. The first-order valence-corrected chi connectivity index (χ1v) is 4.51. The second-order valence-corrected chi connectivity index (χ2v) is 3.04. The molecule has 0 saturated carbocycles. The number of piperazine rings is 1. The molecule has 0 bridgehead atoms. The standard InChI is InChI=1S/C8H17N3O/c1-2-7-8(12)10-4-6-11(7)5-3-9/h7H,2-6,9H2,1H3,(H,10,12). The number of carbonyl (C=O) groups excluding carboxylic acids is 1. The van der Waals surface area contributed by atoms with Crippen LogP contribution in [0.4, 0.5) is 0 Å². The van der Waals surface area contributed by atoms with Crippen LogP contribution in [0.5, 0.6) is 0 Å². The van der Waals surface area contributed by atoms with E-state index in [1.165, 1.54) is 0 Å². The second-order valence-electron chi connectivity index (χ2n) is 3.04. The van der Waals surface area contributed by atoms with Crippen LogP contribution in [0.25, 0.3) is 0 Å².